The molecule has 1 atom stereocenters. The second kappa shape index (κ2) is 8.90. The maximum absolute atomic E-state index is 12.1. The van der Waals surface area contributed by atoms with Crippen LogP contribution in [0.1, 0.15) is 28.9 Å². The third kappa shape index (κ3) is 6.59. The molecule has 2 aromatic carbocycles. The van der Waals surface area contributed by atoms with E-state index in [2.05, 4.69) is 26.6 Å². The summed E-state index contributed by atoms with van der Waals surface area (Å²) in [5, 5.41) is 7.16. The Balaban J connectivity index is 1.91. The van der Waals surface area contributed by atoms with Crippen molar-refractivity contribution in [1.29, 1.82) is 0 Å². The Morgan fingerprint density at radius 1 is 1.07 bits per heavy atom. The quantitative estimate of drug-likeness (QED) is 0.630. The van der Waals surface area contributed by atoms with Gasteiger partial charge in [-0.2, -0.15) is 13.2 Å². The van der Waals surface area contributed by atoms with Gasteiger partial charge in [-0.25, -0.2) is 4.79 Å². The summed E-state index contributed by atoms with van der Waals surface area (Å²) in [6.07, 6.45) is -4.47. The second-order valence-electron chi connectivity index (χ2n) is 5.72. The number of benzene rings is 2. The van der Waals surface area contributed by atoms with Crippen LogP contribution in [-0.4, -0.2) is 24.7 Å². The Kier molecular flexibility index (Phi) is 6.84. The molecule has 0 heterocycles. The molecule has 0 aliphatic heterocycles. The SMILES string of the molecule is CC(NC(=O)Nc1ccc(C(=O)NCC(F)(F)F)cc1)c1ccccc1Br. The minimum atomic E-state index is -4.47. The lowest BCUT2D eigenvalue weighted by atomic mass is 10.1. The lowest BCUT2D eigenvalue weighted by molar-refractivity contribution is -0.123. The van der Waals surface area contributed by atoms with Crippen LogP contribution in [0.15, 0.2) is 53.0 Å². The van der Waals surface area contributed by atoms with Crippen LogP contribution < -0.4 is 16.0 Å². The first-order valence-electron chi connectivity index (χ1n) is 7.92. The number of amides is 3. The van der Waals surface area contributed by atoms with Crippen LogP contribution in [-0.2, 0) is 0 Å². The number of anilines is 1. The number of rotatable bonds is 5. The van der Waals surface area contributed by atoms with Gasteiger partial charge in [0.05, 0.1) is 6.04 Å². The number of halogens is 4. The summed E-state index contributed by atoms with van der Waals surface area (Å²) in [4.78, 5) is 23.7. The molecule has 0 fully saturated rings. The molecule has 5 nitrogen and oxygen atoms in total. The monoisotopic (exact) mass is 443 g/mol. The van der Waals surface area contributed by atoms with Gasteiger partial charge in [0, 0.05) is 15.7 Å². The zero-order valence-electron chi connectivity index (χ0n) is 14.2. The maximum atomic E-state index is 12.1. The van der Waals surface area contributed by atoms with E-state index < -0.39 is 24.7 Å². The molecular weight excluding hydrogens is 427 g/mol. The summed E-state index contributed by atoms with van der Waals surface area (Å²) in [5.41, 5.74) is 1.37. The van der Waals surface area contributed by atoms with Crippen molar-refractivity contribution in [2.45, 2.75) is 19.1 Å². The van der Waals surface area contributed by atoms with E-state index in [9.17, 15) is 22.8 Å². The van der Waals surface area contributed by atoms with Crippen LogP contribution in [0.4, 0.5) is 23.7 Å². The van der Waals surface area contributed by atoms with Crippen molar-refractivity contribution in [2.75, 3.05) is 11.9 Å². The predicted octanol–water partition coefficient (Wildman–Crippen LogP) is 4.62. The number of hydrogen-bond donors (Lipinski definition) is 3. The van der Waals surface area contributed by atoms with Crippen LogP contribution in [0, 0.1) is 0 Å². The third-order valence-corrected chi connectivity index (χ3v) is 4.30. The van der Waals surface area contributed by atoms with Gasteiger partial charge in [0.1, 0.15) is 6.54 Å². The van der Waals surface area contributed by atoms with Crippen molar-refractivity contribution in [3.63, 3.8) is 0 Å². The molecule has 2 aromatic rings. The normalized spacial score (nSPS) is 12.2. The van der Waals surface area contributed by atoms with Crippen molar-refractivity contribution < 1.29 is 22.8 Å². The lowest BCUT2D eigenvalue weighted by Crippen LogP contribution is -2.33. The Morgan fingerprint density at radius 3 is 2.30 bits per heavy atom. The van der Waals surface area contributed by atoms with Crippen LogP contribution in [0.3, 0.4) is 0 Å². The zero-order valence-corrected chi connectivity index (χ0v) is 15.8. The zero-order chi connectivity index (χ0) is 20.0. The topological polar surface area (TPSA) is 70.2 Å². The van der Waals surface area contributed by atoms with Gasteiger partial charge in [-0.3, -0.25) is 4.79 Å². The van der Waals surface area contributed by atoms with Crippen LogP contribution in [0.2, 0.25) is 0 Å². The maximum Gasteiger partial charge on any atom is 0.405 e. The minimum Gasteiger partial charge on any atom is -0.343 e. The van der Waals surface area contributed by atoms with Gasteiger partial charge < -0.3 is 16.0 Å². The van der Waals surface area contributed by atoms with E-state index in [-0.39, 0.29) is 11.6 Å². The fraction of sp³-hybridized carbons (Fsp3) is 0.222. The summed E-state index contributed by atoms with van der Waals surface area (Å²) < 4.78 is 37.2. The molecule has 0 aliphatic rings. The summed E-state index contributed by atoms with van der Waals surface area (Å²) in [6, 6.07) is 12.3. The van der Waals surface area contributed by atoms with E-state index in [0.29, 0.717) is 5.69 Å². The van der Waals surface area contributed by atoms with Crippen molar-refractivity contribution in [3.8, 4) is 0 Å². The van der Waals surface area contributed by atoms with Crippen LogP contribution >= 0.6 is 15.9 Å². The highest BCUT2D eigenvalue weighted by Gasteiger charge is 2.27. The van der Waals surface area contributed by atoms with Crippen molar-refractivity contribution >= 4 is 33.6 Å². The van der Waals surface area contributed by atoms with Crippen molar-refractivity contribution in [1.82, 2.24) is 10.6 Å². The Morgan fingerprint density at radius 2 is 1.70 bits per heavy atom. The van der Waals surface area contributed by atoms with Gasteiger partial charge in [0.15, 0.2) is 0 Å². The van der Waals surface area contributed by atoms with E-state index in [0.717, 1.165) is 10.0 Å². The van der Waals surface area contributed by atoms with Gasteiger partial charge in [-0.05, 0) is 42.8 Å². The first-order valence-corrected chi connectivity index (χ1v) is 8.72. The number of alkyl halides is 3. The third-order valence-electron chi connectivity index (χ3n) is 3.57. The Hall–Kier alpha value is -2.55. The number of nitrogens with one attached hydrogen (secondary N) is 3. The Bertz CT molecular complexity index is 810. The van der Waals surface area contributed by atoms with Gasteiger partial charge in [-0.1, -0.05) is 34.1 Å². The molecule has 2 rings (SSSR count). The summed E-state index contributed by atoms with van der Waals surface area (Å²) in [5.74, 6) is -0.842. The summed E-state index contributed by atoms with van der Waals surface area (Å²) in [7, 11) is 0. The number of carbonyl (C=O) groups excluding carboxylic acids is 2. The average molecular weight is 444 g/mol. The fourth-order valence-corrected chi connectivity index (χ4v) is 2.88. The largest absolute Gasteiger partial charge is 0.405 e. The second-order valence-corrected chi connectivity index (χ2v) is 6.57. The highest BCUT2D eigenvalue weighted by molar-refractivity contribution is 9.10. The molecular formula is C18H17BrF3N3O2. The molecule has 0 aliphatic carbocycles. The summed E-state index contributed by atoms with van der Waals surface area (Å²) >= 11 is 3.42. The van der Waals surface area contributed by atoms with E-state index in [1.54, 1.807) is 5.32 Å². The first-order chi connectivity index (χ1) is 12.7. The molecule has 3 amide bonds. The molecule has 0 saturated carbocycles. The van der Waals surface area contributed by atoms with E-state index >= 15 is 0 Å². The van der Waals surface area contributed by atoms with E-state index in [4.69, 9.17) is 0 Å². The average Bonchev–Trinajstić information content (AvgIpc) is 2.60. The van der Waals surface area contributed by atoms with Crippen LogP contribution in [0.5, 0.6) is 0 Å². The molecule has 0 radical (unpaired) electrons. The summed E-state index contributed by atoms with van der Waals surface area (Å²) in [6.45, 7) is 0.426. The van der Waals surface area contributed by atoms with Crippen molar-refractivity contribution in [3.05, 3.63) is 64.1 Å². The number of carbonyl (C=O) groups is 2. The fourth-order valence-electron chi connectivity index (χ4n) is 2.26. The lowest BCUT2D eigenvalue weighted by Gasteiger charge is -2.16. The molecule has 3 N–H and O–H groups in total. The van der Waals surface area contributed by atoms with Crippen LogP contribution in [0.25, 0.3) is 0 Å². The molecule has 144 valence electrons. The first kappa shape index (κ1) is 20.8. The molecule has 27 heavy (non-hydrogen) atoms. The van der Waals surface area contributed by atoms with Crippen molar-refractivity contribution in [2.24, 2.45) is 0 Å². The van der Waals surface area contributed by atoms with Gasteiger partial charge in [0.25, 0.3) is 5.91 Å². The predicted molar refractivity (Wildman–Crippen MR) is 99.5 cm³/mol. The molecule has 0 spiro atoms. The van der Waals surface area contributed by atoms with Gasteiger partial charge in [-0.15, -0.1) is 0 Å². The standard InChI is InChI=1S/C18H17BrF3N3O2/c1-11(14-4-2-3-5-15(14)19)24-17(27)25-13-8-6-12(7-9-13)16(26)23-10-18(20,21)22/h2-9,11H,10H2,1H3,(H,23,26)(H2,24,25,27). The number of urea groups is 1. The molecule has 0 saturated heterocycles. The number of hydrogen-bond acceptors (Lipinski definition) is 2. The highest BCUT2D eigenvalue weighted by atomic mass is 79.9. The molecule has 9 heteroatoms. The minimum absolute atomic E-state index is 0.0618. The Labute approximate surface area is 162 Å². The molecule has 0 aromatic heterocycles. The van der Waals surface area contributed by atoms with Gasteiger partial charge in [0.2, 0.25) is 0 Å². The molecule has 1 unspecified atom stereocenters. The van der Waals surface area contributed by atoms with E-state index in [1.165, 1.54) is 24.3 Å². The smallest absolute Gasteiger partial charge is 0.343 e. The van der Waals surface area contributed by atoms with E-state index in [1.807, 2.05) is 31.2 Å². The molecule has 0 bridgehead atoms. The van der Waals surface area contributed by atoms with Gasteiger partial charge >= 0.3 is 12.2 Å². The highest BCUT2D eigenvalue weighted by Crippen LogP contribution is 2.22.